The Morgan fingerprint density at radius 2 is 2.08 bits per heavy atom. The molecule has 2 aromatic heterocycles. The standard InChI is InChI=1S/C15H14F3N3O3S/c1-2-10(22)13(23)21(8-3-4-8)7-9-5-6-11(25-9)12-19-14(24-20-12)15(16,17)18/h5-6,8H,2-4,7H2,1H3. The molecule has 0 unspecified atom stereocenters. The van der Waals surface area contributed by atoms with Gasteiger partial charge in [0.2, 0.25) is 11.6 Å². The molecule has 0 saturated heterocycles. The van der Waals surface area contributed by atoms with Crippen molar-refractivity contribution >= 4 is 23.0 Å². The molecule has 25 heavy (non-hydrogen) atoms. The molecule has 0 N–H and O–H groups in total. The maximum Gasteiger partial charge on any atom is 0.471 e. The minimum Gasteiger partial charge on any atom is -0.329 e. The number of halogens is 3. The lowest BCUT2D eigenvalue weighted by Gasteiger charge is -2.20. The van der Waals surface area contributed by atoms with Crippen molar-refractivity contribution in [3.63, 3.8) is 0 Å². The molecule has 10 heteroatoms. The highest BCUT2D eigenvalue weighted by Gasteiger charge is 2.39. The van der Waals surface area contributed by atoms with Gasteiger partial charge in [-0.2, -0.15) is 18.2 Å². The maximum absolute atomic E-state index is 12.5. The van der Waals surface area contributed by atoms with Gasteiger partial charge in [0, 0.05) is 17.3 Å². The van der Waals surface area contributed by atoms with Gasteiger partial charge in [0.25, 0.3) is 5.91 Å². The van der Waals surface area contributed by atoms with Crippen LogP contribution in [0.2, 0.25) is 0 Å². The number of aromatic nitrogens is 2. The zero-order valence-corrected chi connectivity index (χ0v) is 14.0. The predicted molar refractivity (Wildman–Crippen MR) is 81.5 cm³/mol. The molecular weight excluding hydrogens is 359 g/mol. The number of ketones is 1. The number of alkyl halides is 3. The lowest BCUT2D eigenvalue weighted by Crippen LogP contribution is -2.37. The molecule has 6 nitrogen and oxygen atoms in total. The molecule has 2 heterocycles. The van der Waals surface area contributed by atoms with Gasteiger partial charge >= 0.3 is 12.1 Å². The van der Waals surface area contributed by atoms with Crippen molar-refractivity contribution in [3.05, 3.63) is 22.9 Å². The molecule has 0 spiro atoms. The second-order valence-electron chi connectivity index (χ2n) is 5.63. The van der Waals surface area contributed by atoms with Crippen LogP contribution >= 0.6 is 11.3 Å². The van der Waals surface area contributed by atoms with E-state index in [1.54, 1.807) is 19.1 Å². The van der Waals surface area contributed by atoms with Gasteiger partial charge in [-0.25, -0.2) is 0 Å². The van der Waals surface area contributed by atoms with E-state index in [2.05, 4.69) is 14.7 Å². The van der Waals surface area contributed by atoms with E-state index < -0.39 is 23.8 Å². The molecule has 1 amide bonds. The Balaban J connectivity index is 1.75. The third kappa shape index (κ3) is 3.89. The van der Waals surface area contributed by atoms with Crippen molar-refractivity contribution in [2.24, 2.45) is 0 Å². The number of thiophene rings is 1. The van der Waals surface area contributed by atoms with Gasteiger partial charge in [-0.05, 0) is 25.0 Å². The van der Waals surface area contributed by atoms with Gasteiger partial charge < -0.3 is 9.42 Å². The van der Waals surface area contributed by atoms with Crippen molar-refractivity contribution in [3.8, 4) is 10.7 Å². The molecule has 0 bridgehead atoms. The van der Waals surface area contributed by atoms with Crippen LogP contribution in [0.25, 0.3) is 10.7 Å². The molecule has 1 aliphatic rings. The summed E-state index contributed by atoms with van der Waals surface area (Å²) in [5, 5.41) is 3.34. The second-order valence-corrected chi connectivity index (χ2v) is 6.80. The minimum absolute atomic E-state index is 0.0514. The van der Waals surface area contributed by atoms with Crippen molar-refractivity contribution in [2.45, 2.75) is 44.9 Å². The lowest BCUT2D eigenvalue weighted by molar-refractivity contribution is -0.159. The third-order valence-corrected chi connectivity index (χ3v) is 4.75. The number of nitrogens with zero attached hydrogens (tertiary/aromatic N) is 3. The van der Waals surface area contributed by atoms with Crippen molar-refractivity contribution < 1.29 is 27.3 Å². The monoisotopic (exact) mass is 373 g/mol. The van der Waals surface area contributed by atoms with Crippen LogP contribution in [0.5, 0.6) is 0 Å². The molecule has 1 saturated carbocycles. The molecule has 2 aromatic rings. The SMILES string of the molecule is CCC(=O)C(=O)N(Cc1ccc(-c2noc(C(F)(F)F)n2)s1)C1CC1. The van der Waals surface area contributed by atoms with Gasteiger partial charge in [0.05, 0.1) is 11.4 Å². The number of hydrogen-bond donors (Lipinski definition) is 0. The van der Waals surface area contributed by atoms with E-state index in [-0.39, 0.29) is 24.8 Å². The smallest absolute Gasteiger partial charge is 0.329 e. The fourth-order valence-corrected chi connectivity index (χ4v) is 3.19. The van der Waals surface area contributed by atoms with E-state index in [1.165, 1.54) is 4.90 Å². The molecule has 1 fully saturated rings. The molecule has 0 aliphatic heterocycles. The lowest BCUT2D eigenvalue weighted by atomic mass is 10.2. The van der Waals surface area contributed by atoms with Gasteiger partial charge in [-0.1, -0.05) is 12.1 Å². The highest BCUT2D eigenvalue weighted by Crippen LogP contribution is 2.34. The van der Waals surface area contributed by atoms with E-state index in [0.717, 1.165) is 29.1 Å². The summed E-state index contributed by atoms with van der Waals surface area (Å²) in [6.45, 7) is 1.87. The number of hydrogen-bond acceptors (Lipinski definition) is 6. The predicted octanol–water partition coefficient (Wildman–Crippen LogP) is 3.29. The zero-order chi connectivity index (χ0) is 18.2. The molecule has 0 radical (unpaired) electrons. The number of rotatable bonds is 6. The van der Waals surface area contributed by atoms with Crippen molar-refractivity contribution in [1.29, 1.82) is 0 Å². The molecule has 0 aromatic carbocycles. The Bertz CT molecular complexity index is 795. The first kappa shape index (κ1) is 17.6. The van der Waals surface area contributed by atoms with E-state index in [0.29, 0.717) is 4.88 Å². The second kappa shape index (κ2) is 6.58. The third-order valence-electron chi connectivity index (χ3n) is 3.68. The Labute approximate surface area is 144 Å². The van der Waals surface area contributed by atoms with E-state index in [1.807, 2.05) is 0 Å². The maximum atomic E-state index is 12.5. The quantitative estimate of drug-likeness (QED) is 0.727. The van der Waals surface area contributed by atoms with Crippen LogP contribution in [-0.2, 0) is 22.3 Å². The Morgan fingerprint density at radius 3 is 2.64 bits per heavy atom. The number of amides is 1. The van der Waals surface area contributed by atoms with Crippen LogP contribution in [-0.4, -0.2) is 32.8 Å². The average molecular weight is 373 g/mol. The van der Waals surface area contributed by atoms with E-state index in [4.69, 9.17) is 0 Å². The highest BCUT2D eigenvalue weighted by molar-refractivity contribution is 7.15. The summed E-state index contributed by atoms with van der Waals surface area (Å²) < 4.78 is 41.8. The largest absolute Gasteiger partial charge is 0.471 e. The fourth-order valence-electron chi connectivity index (χ4n) is 2.25. The highest BCUT2D eigenvalue weighted by atomic mass is 32.1. The summed E-state index contributed by atoms with van der Waals surface area (Å²) in [4.78, 5) is 29.8. The summed E-state index contributed by atoms with van der Waals surface area (Å²) in [5.74, 6) is -2.52. The van der Waals surface area contributed by atoms with Gasteiger partial charge in [0.15, 0.2) is 0 Å². The Kier molecular flexibility index (Phi) is 4.63. The molecule has 0 atom stereocenters. The summed E-state index contributed by atoms with van der Waals surface area (Å²) in [6.07, 6.45) is -2.86. The van der Waals surface area contributed by atoms with Gasteiger partial charge in [-0.15, -0.1) is 11.3 Å². The van der Waals surface area contributed by atoms with Crippen molar-refractivity contribution in [2.75, 3.05) is 0 Å². The Hall–Kier alpha value is -2.23. The van der Waals surface area contributed by atoms with Crippen LogP contribution in [0.1, 0.15) is 37.0 Å². The molecule has 134 valence electrons. The summed E-state index contributed by atoms with van der Waals surface area (Å²) in [6, 6.07) is 3.31. The van der Waals surface area contributed by atoms with Crippen LogP contribution in [0, 0.1) is 0 Å². The first-order valence-corrected chi connectivity index (χ1v) is 8.45. The summed E-state index contributed by atoms with van der Waals surface area (Å²) >= 11 is 1.16. The fraction of sp³-hybridized carbons (Fsp3) is 0.467. The van der Waals surface area contributed by atoms with Crippen LogP contribution in [0.4, 0.5) is 13.2 Å². The van der Waals surface area contributed by atoms with Gasteiger partial charge in [0.1, 0.15) is 0 Å². The van der Waals surface area contributed by atoms with Crippen molar-refractivity contribution in [1.82, 2.24) is 15.0 Å². The number of carbonyl (C=O) groups excluding carboxylic acids is 2. The normalized spacial score (nSPS) is 14.6. The van der Waals surface area contributed by atoms with Crippen LogP contribution in [0.15, 0.2) is 16.7 Å². The number of Topliss-reactive ketones (excluding diaryl/α,β-unsaturated/α-hetero) is 1. The zero-order valence-electron chi connectivity index (χ0n) is 13.2. The minimum atomic E-state index is -4.69. The molecule has 1 aliphatic carbocycles. The van der Waals surface area contributed by atoms with Crippen LogP contribution < -0.4 is 0 Å². The van der Waals surface area contributed by atoms with E-state index >= 15 is 0 Å². The van der Waals surface area contributed by atoms with E-state index in [9.17, 15) is 22.8 Å². The number of carbonyl (C=O) groups is 2. The molecule has 3 rings (SSSR count). The Morgan fingerprint density at radius 1 is 1.36 bits per heavy atom. The first-order valence-electron chi connectivity index (χ1n) is 7.63. The molecular formula is C15H14F3N3O3S. The van der Waals surface area contributed by atoms with Gasteiger partial charge in [-0.3, -0.25) is 9.59 Å². The van der Waals surface area contributed by atoms with Crippen LogP contribution in [0.3, 0.4) is 0 Å². The first-order chi connectivity index (χ1) is 11.8. The average Bonchev–Trinajstić information content (AvgIpc) is 3.09. The summed E-state index contributed by atoms with van der Waals surface area (Å²) in [5.41, 5.74) is 0. The summed E-state index contributed by atoms with van der Waals surface area (Å²) in [7, 11) is 0. The topological polar surface area (TPSA) is 76.3 Å².